The highest BCUT2D eigenvalue weighted by molar-refractivity contribution is 9.10. The Morgan fingerprint density at radius 2 is 2.12 bits per heavy atom. The Kier molecular flexibility index (Phi) is 3.14. The third kappa shape index (κ3) is 2.00. The van der Waals surface area contributed by atoms with Crippen LogP contribution in [0.25, 0.3) is 0 Å². The summed E-state index contributed by atoms with van der Waals surface area (Å²) in [6.07, 6.45) is 5.94. The molecule has 1 heterocycles. The number of aromatic hydroxyl groups is 1. The number of phenolic OH excluding ortho intramolecular Hbond substituents is 1. The minimum absolute atomic E-state index is 0.485. The summed E-state index contributed by atoms with van der Waals surface area (Å²) in [5.74, 6) is 0.970. The first kappa shape index (κ1) is 11.5. The fourth-order valence-corrected chi connectivity index (χ4v) is 3.78. The van der Waals surface area contributed by atoms with Crippen LogP contribution in [0.3, 0.4) is 0 Å². The molecule has 1 aromatic carbocycles. The summed E-state index contributed by atoms with van der Waals surface area (Å²) >= 11 is 3.59. The maximum absolute atomic E-state index is 10.3. The smallest absolute Gasteiger partial charge is 0.133 e. The summed E-state index contributed by atoms with van der Waals surface area (Å²) in [6.45, 7) is 2.07. The quantitative estimate of drug-likeness (QED) is 0.834. The van der Waals surface area contributed by atoms with Crippen molar-refractivity contribution in [3.8, 4) is 5.75 Å². The van der Waals surface area contributed by atoms with E-state index in [0.29, 0.717) is 11.7 Å². The van der Waals surface area contributed by atoms with E-state index in [1.165, 1.54) is 30.4 Å². The maximum Gasteiger partial charge on any atom is 0.133 e. The fourth-order valence-electron chi connectivity index (χ4n) is 3.10. The van der Waals surface area contributed by atoms with Gasteiger partial charge in [-0.1, -0.05) is 6.07 Å². The molecule has 1 unspecified atom stereocenters. The van der Waals surface area contributed by atoms with Gasteiger partial charge in [0.2, 0.25) is 0 Å². The maximum atomic E-state index is 10.3. The summed E-state index contributed by atoms with van der Waals surface area (Å²) in [5.41, 5.74) is 3.92. The Bertz CT molecular complexity index is 438. The number of hydrogen-bond acceptors (Lipinski definition) is 2. The lowest BCUT2D eigenvalue weighted by Gasteiger charge is -2.22. The Morgan fingerprint density at radius 1 is 1.29 bits per heavy atom. The lowest BCUT2D eigenvalue weighted by atomic mass is 9.86. The number of phenols is 1. The van der Waals surface area contributed by atoms with Gasteiger partial charge < -0.3 is 10.4 Å². The lowest BCUT2D eigenvalue weighted by Crippen LogP contribution is -2.10. The van der Waals surface area contributed by atoms with Crippen molar-refractivity contribution in [2.45, 2.75) is 38.0 Å². The van der Waals surface area contributed by atoms with E-state index in [9.17, 15) is 5.11 Å². The third-order valence-corrected chi connectivity index (χ3v) is 4.94. The monoisotopic (exact) mass is 295 g/mol. The van der Waals surface area contributed by atoms with Crippen molar-refractivity contribution in [2.24, 2.45) is 0 Å². The zero-order valence-electron chi connectivity index (χ0n) is 9.93. The molecule has 0 aromatic heterocycles. The van der Waals surface area contributed by atoms with Gasteiger partial charge >= 0.3 is 0 Å². The second kappa shape index (κ2) is 4.62. The van der Waals surface area contributed by atoms with Crippen molar-refractivity contribution in [1.82, 2.24) is 5.32 Å². The molecule has 1 aliphatic carbocycles. The van der Waals surface area contributed by atoms with Crippen molar-refractivity contribution in [3.63, 3.8) is 0 Å². The van der Waals surface area contributed by atoms with Gasteiger partial charge in [0.05, 0.1) is 4.47 Å². The van der Waals surface area contributed by atoms with E-state index < -0.39 is 0 Å². The van der Waals surface area contributed by atoms with Gasteiger partial charge in [-0.15, -0.1) is 0 Å². The summed E-state index contributed by atoms with van der Waals surface area (Å²) in [6, 6.07) is 2.26. The molecule has 17 heavy (non-hydrogen) atoms. The second-order valence-corrected chi connectivity index (χ2v) is 5.96. The molecule has 0 bridgehead atoms. The van der Waals surface area contributed by atoms with E-state index in [-0.39, 0.29) is 0 Å². The van der Waals surface area contributed by atoms with Crippen LogP contribution < -0.4 is 5.32 Å². The summed E-state index contributed by atoms with van der Waals surface area (Å²) in [4.78, 5) is 0. The Hall–Kier alpha value is -0.540. The number of benzene rings is 1. The van der Waals surface area contributed by atoms with Gasteiger partial charge in [0, 0.05) is 12.5 Å². The van der Waals surface area contributed by atoms with E-state index in [1.807, 2.05) is 0 Å². The average molecular weight is 296 g/mol. The van der Waals surface area contributed by atoms with Gasteiger partial charge in [-0.25, -0.2) is 0 Å². The van der Waals surface area contributed by atoms with E-state index in [4.69, 9.17) is 0 Å². The normalized spacial score (nSPS) is 23.7. The Balaban J connectivity index is 2.06. The SMILES string of the molecule is Oc1c(C2CCNC2)cc2c(c1Br)CCCC2. The van der Waals surface area contributed by atoms with Crippen LogP contribution in [-0.2, 0) is 12.8 Å². The first-order valence-electron chi connectivity index (χ1n) is 6.51. The molecule has 2 N–H and O–H groups in total. The van der Waals surface area contributed by atoms with Gasteiger partial charge in [-0.2, -0.15) is 0 Å². The molecular weight excluding hydrogens is 278 g/mol. The molecule has 2 nitrogen and oxygen atoms in total. The van der Waals surface area contributed by atoms with Gasteiger partial charge in [0.25, 0.3) is 0 Å². The van der Waals surface area contributed by atoms with Gasteiger partial charge in [-0.3, -0.25) is 0 Å². The number of halogens is 1. The first-order valence-corrected chi connectivity index (χ1v) is 7.30. The van der Waals surface area contributed by atoms with E-state index in [2.05, 4.69) is 27.3 Å². The molecule has 0 saturated carbocycles. The summed E-state index contributed by atoms with van der Waals surface area (Å²) in [7, 11) is 0. The Morgan fingerprint density at radius 3 is 2.88 bits per heavy atom. The van der Waals surface area contributed by atoms with Crippen LogP contribution >= 0.6 is 15.9 Å². The summed E-state index contributed by atoms with van der Waals surface area (Å²) < 4.78 is 0.955. The lowest BCUT2D eigenvalue weighted by molar-refractivity contribution is 0.456. The molecule has 3 rings (SSSR count). The minimum Gasteiger partial charge on any atom is -0.506 e. The molecule has 0 radical (unpaired) electrons. The predicted octanol–water partition coefficient (Wildman–Crippen LogP) is 3.11. The summed E-state index contributed by atoms with van der Waals surface area (Å²) in [5, 5.41) is 13.7. The molecule has 0 spiro atoms. The highest BCUT2D eigenvalue weighted by Gasteiger charge is 2.24. The van der Waals surface area contributed by atoms with Crippen molar-refractivity contribution in [3.05, 3.63) is 27.2 Å². The number of fused-ring (bicyclic) bond motifs is 1. The molecule has 1 aromatic rings. The molecule has 92 valence electrons. The van der Waals surface area contributed by atoms with Crippen LogP contribution in [0.4, 0.5) is 0 Å². The first-order chi connectivity index (χ1) is 8.27. The fraction of sp³-hybridized carbons (Fsp3) is 0.571. The van der Waals surface area contributed by atoms with E-state index in [0.717, 1.165) is 36.0 Å². The Labute approximate surface area is 111 Å². The van der Waals surface area contributed by atoms with Crippen LogP contribution in [0.5, 0.6) is 5.75 Å². The number of nitrogens with one attached hydrogen (secondary N) is 1. The predicted molar refractivity (Wildman–Crippen MR) is 72.7 cm³/mol. The molecule has 1 fully saturated rings. The van der Waals surface area contributed by atoms with Gasteiger partial charge in [0.15, 0.2) is 0 Å². The molecule has 1 aliphatic heterocycles. The van der Waals surface area contributed by atoms with E-state index in [1.54, 1.807) is 0 Å². The van der Waals surface area contributed by atoms with Crippen LogP contribution in [0.1, 0.15) is 41.9 Å². The second-order valence-electron chi connectivity index (χ2n) is 5.16. The molecule has 1 atom stereocenters. The highest BCUT2D eigenvalue weighted by atomic mass is 79.9. The third-order valence-electron chi connectivity index (χ3n) is 4.09. The molecule has 0 amide bonds. The van der Waals surface area contributed by atoms with Crippen molar-refractivity contribution in [2.75, 3.05) is 13.1 Å². The standard InChI is InChI=1S/C14H18BrNO/c15-13-11-4-2-1-3-9(11)7-12(14(13)17)10-5-6-16-8-10/h7,10,16-17H,1-6,8H2. The van der Waals surface area contributed by atoms with Gasteiger partial charge in [-0.05, 0) is 71.3 Å². The van der Waals surface area contributed by atoms with Crippen LogP contribution in [0.15, 0.2) is 10.5 Å². The van der Waals surface area contributed by atoms with Crippen molar-refractivity contribution in [1.29, 1.82) is 0 Å². The zero-order valence-corrected chi connectivity index (χ0v) is 11.5. The van der Waals surface area contributed by atoms with Crippen molar-refractivity contribution < 1.29 is 5.11 Å². The van der Waals surface area contributed by atoms with Crippen LogP contribution in [-0.4, -0.2) is 18.2 Å². The topological polar surface area (TPSA) is 32.3 Å². The van der Waals surface area contributed by atoms with Crippen molar-refractivity contribution >= 4 is 15.9 Å². The molecular formula is C14H18BrNO. The van der Waals surface area contributed by atoms with Gasteiger partial charge in [0.1, 0.15) is 5.75 Å². The van der Waals surface area contributed by atoms with E-state index >= 15 is 0 Å². The number of aryl methyl sites for hydroxylation is 1. The minimum atomic E-state index is 0.485. The number of hydrogen-bond donors (Lipinski definition) is 2. The largest absolute Gasteiger partial charge is 0.506 e. The molecule has 2 aliphatic rings. The average Bonchev–Trinajstić information content (AvgIpc) is 2.87. The highest BCUT2D eigenvalue weighted by Crippen LogP contribution is 2.41. The zero-order chi connectivity index (χ0) is 11.8. The molecule has 3 heteroatoms. The van der Waals surface area contributed by atoms with Crippen LogP contribution in [0.2, 0.25) is 0 Å². The van der Waals surface area contributed by atoms with Crippen LogP contribution in [0, 0.1) is 0 Å². The molecule has 1 saturated heterocycles. The number of rotatable bonds is 1.